The monoisotopic (exact) mass is 328 g/mol. The van der Waals surface area contributed by atoms with Gasteiger partial charge in [0.05, 0.1) is 6.61 Å². The van der Waals surface area contributed by atoms with E-state index in [1.54, 1.807) is 24.3 Å². The molecular weight excluding hydrogens is 308 g/mol. The number of aliphatic carboxylic acids is 1. The van der Waals surface area contributed by atoms with Gasteiger partial charge in [-0.05, 0) is 30.5 Å². The highest BCUT2D eigenvalue weighted by molar-refractivity contribution is 5.73. The number of aromatic hydroxyl groups is 1. The zero-order valence-electron chi connectivity index (χ0n) is 12.3. The Morgan fingerprint density at radius 2 is 1.74 bits per heavy atom. The Bertz CT molecular complexity index is 517. The van der Waals surface area contributed by atoms with Crippen LogP contribution in [0.25, 0.3) is 0 Å². The normalized spacial score (nSPS) is 31.0. The SMILES string of the molecule is O=C(O)[C@H]1O[C@@H](OCCCc2ccc(O)cc2)[C@H](O)[C@@H](O)[C@@H]1O. The first-order valence-corrected chi connectivity index (χ1v) is 7.22. The number of carboxylic acid groups (broad SMARTS) is 1. The highest BCUT2D eigenvalue weighted by Gasteiger charge is 2.47. The molecule has 0 spiro atoms. The molecule has 8 heteroatoms. The summed E-state index contributed by atoms with van der Waals surface area (Å²) in [6, 6.07) is 6.67. The summed E-state index contributed by atoms with van der Waals surface area (Å²) < 4.78 is 10.3. The third-order valence-corrected chi connectivity index (χ3v) is 3.64. The van der Waals surface area contributed by atoms with Crippen LogP contribution < -0.4 is 0 Å². The van der Waals surface area contributed by atoms with Crippen LogP contribution in [-0.4, -0.2) is 68.8 Å². The molecule has 0 amide bonds. The molecule has 0 aromatic heterocycles. The molecular formula is C15H20O8. The highest BCUT2D eigenvalue weighted by atomic mass is 16.7. The lowest BCUT2D eigenvalue weighted by molar-refractivity contribution is -0.294. The van der Waals surface area contributed by atoms with E-state index in [1.165, 1.54) is 0 Å². The molecule has 0 bridgehead atoms. The second-order valence-corrected chi connectivity index (χ2v) is 5.38. The number of benzene rings is 1. The van der Waals surface area contributed by atoms with Crippen molar-refractivity contribution >= 4 is 5.97 Å². The second kappa shape index (κ2) is 7.71. The van der Waals surface area contributed by atoms with E-state index in [1.807, 2.05) is 0 Å². The quantitative estimate of drug-likeness (QED) is 0.430. The Kier molecular flexibility index (Phi) is 5.91. The smallest absolute Gasteiger partial charge is 0.335 e. The maximum Gasteiger partial charge on any atom is 0.335 e. The number of phenolic OH excluding ortho intramolecular Hbond substituents is 1. The number of rotatable bonds is 6. The number of carboxylic acids is 1. The maximum atomic E-state index is 11.0. The molecule has 1 fully saturated rings. The van der Waals surface area contributed by atoms with Crippen LogP contribution in [0.15, 0.2) is 24.3 Å². The van der Waals surface area contributed by atoms with Crippen molar-refractivity contribution < 1.29 is 39.8 Å². The average Bonchev–Trinajstić information content (AvgIpc) is 2.52. The first-order chi connectivity index (χ1) is 10.9. The van der Waals surface area contributed by atoms with Crippen LogP contribution in [0.4, 0.5) is 0 Å². The number of aryl methyl sites for hydroxylation is 1. The van der Waals surface area contributed by atoms with E-state index in [2.05, 4.69) is 0 Å². The van der Waals surface area contributed by atoms with Crippen molar-refractivity contribution in [2.24, 2.45) is 0 Å². The van der Waals surface area contributed by atoms with E-state index in [0.717, 1.165) is 5.56 Å². The number of carbonyl (C=O) groups is 1. The molecule has 1 aromatic rings. The minimum atomic E-state index is -1.72. The number of phenols is 1. The third-order valence-electron chi connectivity index (χ3n) is 3.64. The Morgan fingerprint density at radius 3 is 2.35 bits per heavy atom. The van der Waals surface area contributed by atoms with Crippen LogP contribution in [0.5, 0.6) is 5.75 Å². The van der Waals surface area contributed by atoms with Crippen LogP contribution >= 0.6 is 0 Å². The fourth-order valence-electron chi connectivity index (χ4n) is 2.33. The van der Waals surface area contributed by atoms with E-state index in [9.17, 15) is 25.2 Å². The summed E-state index contributed by atoms with van der Waals surface area (Å²) in [5.74, 6) is -1.27. The molecule has 0 unspecified atom stereocenters. The van der Waals surface area contributed by atoms with Gasteiger partial charge in [-0.25, -0.2) is 4.79 Å². The standard InChI is InChI=1S/C15H20O8/c16-9-5-3-8(4-6-9)2-1-7-22-15-12(19)10(17)11(18)13(23-15)14(20)21/h3-6,10-13,15-19H,1-2,7H2,(H,20,21)/t10-,11-,12+,13-,15+/m0/s1. The predicted molar refractivity (Wildman–Crippen MR) is 76.7 cm³/mol. The molecule has 1 aliphatic rings. The van der Waals surface area contributed by atoms with Crippen LogP contribution in [0.1, 0.15) is 12.0 Å². The van der Waals surface area contributed by atoms with E-state index < -0.39 is 36.7 Å². The predicted octanol–water partition coefficient (Wildman–Crippen LogP) is -0.766. The molecule has 128 valence electrons. The average molecular weight is 328 g/mol. The van der Waals surface area contributed by atoms with E-state index in [0.29, 0.717) is 12.8 Å². The molecule has 8 nitrogen and oxygen atoms in total. The molecule has 23 heavy (non-hydrogen) atoms. The topological polar surface area (TPSA) is 137 Å². The van der Waals surface area contributed by atoms with Crippen LogP contribution in [0, 0.1) is 0 Å². The number of aliphatic hydroxyl groups excluding tert-OH is 3. The van der Waals surface area contributed by atoms with Gasteiger partial charge in [0.25, 0.3) is 0 Å². The Morgan fingerprint density at radius 1 is 1.09 bits per heavy atom. The van der Waals surface area contributed by atoms with Gasteiger partial charge in [0.2, 0.25) is 0 Å². The minimum Gasteiger partial charge on any atom is -0.508 e. The Labute approximate surface area is 132 Å². The van der Waals surface area contributed by atoms with Crippen molar-refractivity contribution in [3.63, 3.8) is 0 Å². The molecule has 0 aliphatic carbocycles. The van der Waals surface area contributed by atoms with Gasteiger partial charge >= 0.3 is 5.97 Å². The van der Waals surface area contributed by atoms with Crippen molar-refractivity contribution in [1.82, 2.24) is 0 Å². The zero-order valence-corrected chi connectivity index (χ0v) is 12.3. The van der Waals surface area contributed by atoms with Crippen molar-refractivity contribution in [1.29, 1.82) is 0 Å². The fraction of sp³-hybridized carbons (Fsp3) is 0.533. The zero-order chi connectivity index (χ0) is 17.0. The summed E-state index contributed by atoms with van der Waals surface area (Å²) >= 11 is 0. The van der Waals surface area contributed by atoms with Crippen LogP contribution in [0.3, 0.4) is 0 Å². The maximum absolute atomic E-state index is 11.0. The largest absolute Gasteiger partial charge is 0.508 e. The summed E-state index contributed by atoms with van der Waals surface area (Å²) in [4.78, 5) is 11.0. The van der Waals surface area contributed by atoms with E-state index in [4.69, 9.17) is 14.6 Å². The van der Waals surface area contributed by atoms with Crippen molar-refractivity contribution in [2.75, 3.05) is 6.61 Å². The molecule has 0 radical (unpaired) electrons. The Hall–Kier alpha value is -1.71. The van der Waals surface area contributed by atoms with Crippen molar-refractivity contribution in [3.8, 4) is 5.75 Å². The first kappa shape index (κ1) is 17.6. The second-order valence-electron chi connectivity index (χ2n) is 5.38. The molecule has 1 heterocycles. The van der Waals surface area contributed by atoms with E-state index in [-0.39, 0.29) is 12.4 Å². The Balaban J connectivity index is 1.82. The molecule has 1 aromatic carbocycles. The van der Waals surface area contributed by atoms with Crippen LogP contribution in [0.2, 0.25) is 0 Å². The van der Waals surface area contributed by atoms with Crippen molar-refractivity contribution in [2.45, 2.75) is 43.5 Å². The van der Waals surface area contributed by atoms with Gasteiger partial charge in [0.15, 0.2) is 12.4 Å². The molecule has 0 saturated carbocycles. The third kappa shape index (κ3) is 4.40. The number of ether oxygens (including phenoxy) is 2. The van der Waals surface area contributed by atoms with Crippen LogP contribution in [-0.2, 0) is 20.7 Å². The number of hydrogen-bond acceptors (Lipinski definition) is 7. The lowest BCUT2D eigenvalue weighted by Crippen LogP contribution is -2.60. The first-order valence-electron chi connectivity index (χ1n) is 7.22. The summed E-state index contributed by atoms with van der Waals surface area (Å²) in [6.07, 6.45) is -6.69. The highest BCUT2D eigenvalue weighted by Crippen LogP contribution is 2.22. The summed E-state index contributed by atoms with van der Waals surface area (Å²) in [6.45, 7) is 0.164. The number of hydrogen-bond donors (Lipinski definition) is 5. The molecule has 5 N–H and O–H groups in total. The lowest BCUT2D eigenvalue weighted by atomic mass is 9.99. The fourth-order valence-corrected chi connectivity index (χ4v) is 2.33. The molecule has 5 atom stereocenters. The van der Waals surface area contributed by atoms with Crippen molar-refractivity contribution in [3.05, 3.63) is 29.8 Å². The summed E-state index contributed by atoms with van der Waals surface area (Å²) in [5, 5.41) is 47.1. The van der Waals surface area contributed by atoms with Gasteiger partial charge in [-0.3, -0.25) is 0 Å². The molecule has 2 rings (SSSR count). The summed E-state index contributed by atoms with van der Waals surface area (Å²) in [5.41, 5.74) is 0.982. The van der Waals surface area contributed by atoms with Gasteiger partial charge in [0, 0.05) is 0 Å². The van der Waals surface area contributed by atoms with Gasteiger partial charge in [-0.1, -0.05) is 12.1 Å². The van der Waals surface area contributed by atoms with Gasteiger partial charge in [-0.15, -0.1) is 0 Å². The lowest BCUT2D eigenvalue weighted by Gasteiger charge is -2.38. The molecule has 1 saturated heterocycles. The summed E-state index contributed by atoms with van der Waals surface area (Å²) in [7, 11) is 0. The number of aliphatic hydroxyl groups is 3. The van der Waals surface area contributed by atoms with Gasteiger partial charge < -0.3 is 35.0 Å². The van der Waals surface area contributed by atoms with E-state index >= 15 is 0 Å². The molecule has 1 aliphatic heterocycles. The van der Waals surface area contributed by atoms with Gasteiger partial charge in [-0.2, -0.15) is 0 Å². The minimum absolute atomic E-state index is 0.164. The van der Waals surface area contributed by atoms with Gasteiger partial charge in [0.1, 0.15) is 24.1 Å².